The van der Waals surface area contributed by atoms with E-state index in [1.807, 2.05) is 39.0 Å². The van der Waals surface area contributed by atoms with E-state index in [-0.39, 0.29) is 18.4 Å². The Kier molecular flexibility index (Phi) is 5.41. The first-order valence-corrected chi connectivity index (χ1v) is 6.06. The Morgan fingerprint density at radius 1 is 1.44 bits per heavy atom. The molecule has 0 aliphatic carbocycles. The molecular weight excluding hydrogens is 226 g/mol. The Morgan fingerprint density at radius 2 is 2.17 bits per heavy atom. The van der Waals surface area contributed by atoms with Gasteiger partial charge in [-0.05, 0) is 30.7 Å². The summed E-state index contributed by atoms with van der Waals surface area (Å²) in [5.41, 5.74) is 2.73. The van der Waals surface area contributed by atoms with Crippen molar-refractivity contribution in [2.24, 2.45) is 5.92 Å². The highest BCUT2D eigenvalue weighted by Gasteiger charge is 2.07. The Bertz CT molecular complexity index is 481. The lowest BCUT2D eigenvalue weighted by molar-refractivity contribution is -0.118. The zero-order valence-corrected chi connectivity index (χ0v) is 11.1. The number of aliphatic hydroxyl groups is 1. The molecule has 0 fully saturated rings. The smallest absolute Gasteiger partial charge is 0.226 e. The number of hydrogen-bond donors (Lipinski definition) is 2. The van der Waals surface area contributed by atoms with Gasteiger partial charge in [0.15, 0.2) is 0 Å². The van der Waals surface area contributed by atoms with Gasteiger partial charge in [0.1, 0.15) is 0 Å². The van der Waals surface area contributed by atoms with Crippen LogP contribution >= 0.6 is 0 Å². The fourth-order valence-corrected chi connectivity index (χ4v) is 1.38. The zero-order valence-electron chi connectivity index (χ0n) is 11.1. The van der Waals surface area contributed by atoms with Crippen LogP contribution in [0.4, 0.5) is 5.69 Å². The van der Waals surface area contributed by atoms with E-state index in [1.54, 1.807) is 0 Å². The fourth-order valence-electron chi connectivity index (χ4n) is 1.38. The van der Waals surface area contributed by atoms with Crippen molar-refractivity contribution in [1.82, 2.24) is 0 Å². The third-order valence-electron chi connectivity index (χ3n) is 2.48. The monoisotopic (exact) mass is 245 g/mol. The maximum Gasteiger partial charge on any atom is 0.226 e. The highest BCUT2D eigenvalue weighted by molar-refractivity contribution is 5.92. The Balaban J connectivity index is 2.80. The SMILES string of the molecule is Cc1cc(NC(=O)C(C)C)ccc1C#CCCO. The molecule has 1 rings (SSSR count). The number of amides is 1. The number of carbonyl (C=O) groups excluding carboxylic acids is 1. The van der Waals surface area contributed by atoms with Crippen LogP contribution < -0.4 is 5.32 Å². The number of carbonyl (C=O) groups is 1. The normalized spacial score (nSPS) is 9.83. The second kappa shape index (κ2) is 6.83. The quantitative estimate of drug-likeness (QED) is 0.803. The van der Waals surface area contributed by atoms with E-state index >= 15 is 0 Å². The van der Waals surface area contributed by atoms with Crippen molar-refractivity contribution < 1.29 is 9.90 Å². The minimum absolute atomic E-state index is 0.00788. The first kappa shape index (κ1) is 14.3. The molecule has 0 unspecified atom stereocenters. The summed E-state index contributed by atoms with van der Waals surface area (Å²) in [5.74, 6) is 5.85. The van der Waals surface area contributed by atoms with Crippen LogP contribution in [-0.4, -0.2) is 17.6 Å². The maximum atomic E-state index is 11.6. The molecule has 1 aromatic carbocycles. The standard InChI is InChI=1S/C15H19NO2/c1-11(2)15(18)16-14-8-7-13(12(3)10-14)6-4-5-9-17/h7-8,10-11,17H,5,9H2,1-3H3,(H,16,18). The van der Waals surface area contributed by atoms with Gasteiger partial charge in [0.25, 0.3) is 0 Å². The Hall–Kier alpha value is -1.79. The lowest BCUT2D eigenvalue weighted by atomic mass is 10.1. The number of hydrogen-bond acceptors (Lipinski definition) is 2. The van der Waals surface area contributed by atoms with Gasteiger partial charge in [0.2, 0.25) is 5.91 Å². The lowest BCUT2D eigenvalue weighted by Gasteiger charge is -2.09. The van der Waals surface area contributed by atoms with Crippen LogP contribution in [0.25, 0.3) is 0 Å². The largest absolute Gasteiger partial charge is 0.395 e. The molecule has 0 aliphatic rings. The third kappa shape index (κ3) is 4.23. The van der Waals surface area contributed by atoms with Crippen LogP contribution in [0.15, 0.2) is 18.2 Å². The van der Waals surface area contributed by atoms with E-state index in [0.717, 1.165) is 16.8 Å². The molecule has 2 N–H and O–H groups in total. The van der Waals surface area contributed by atoms with Crippen molar-refractivity contribution in [3.8, 4) is 11.8 Å². The number of anilines is 1. The molecule has 0 aromatic heterocycles. The molecule has 0 saturated carbocycles. The molecule has 0 spiro atoms. The third-order valence-corrected chi connectivity index (χ3v) is 2.48. The maximum absolute atomic E-state index is 11.6. The van der Waals surface area contributed by atoms with Crippen molar-refractivity contribution in [3.05, 3.63) is 29.3 Å². The molecule has 1 aromatic rings. The van der Waals surface area contributed by atoms with E-state index < -0.39 is 0 Å². The van der Waals surface area contributed by atoms with Gasteiger partial charge in [0, 0.05) is 23.6 Å². The fraction of sp³-hybridized carbons (Fsp3) is 0.400. The number of nitrogens with one attached hydrogen (secondary N) is 1. The summed E-state index contributed by atoms with van der Waals surface area (Å²) >= 11 is 0. The van der Waals surface area contributed by atoms with Crippen molar-refractivity contribution in [2.45, 2.75) is 27.2 Å². The minimum atomic E-state index is -0.0330. The van der Waals surface area contributed by atoms with Crippen LogP contribution in [0.3, 0.4) is 0 Å². The Morgan fingerprint density at radius 3 is 2.72 bits per heavy atom. The molecular formula is C15H19NO2. The predicted octanol–water partition coefficient (Wildman–Crippen LogP) is 2.32. The second-order valence-electron chi connectivity index (χ2n) is 4.45. The van der Waals surface area contributed by atoms with Crippen molar-refractivity contribution in [2.75, 3.05) is 11.9 Å². The molecule has 1 amide bonds. The summed E-state index contributed by atoms with van der Waals surface area (Å²) < 4.78 is 0. The number of aliphatic hydroxyl groups excluding tert-OH is 1. The molecule has 18 heavy (non-hydrogen) atoms. The first-order valence-electron chi connectivity index (χ1n) is 6.06. The lowest BCUT2D eigenvalue weighted by Crippen LogP contribution is -2.17. The van der Waals surface area contributed by atoms with Gasteiger partial charge in [-0.2, -0.15) is 0 Å². The number of aryl methyl sites for hydroxylation is 1. The molecule has 3 heteroatoms. The van der Waals surface area contributed by atoms with Gasteiger partial charge >= 0.3 is 0 Å². The highest BCUT2D eigenvalue weighted by atomic mass is 16.2. The zero-order chi connectivity index (χ0) is 13.5. The van der Waals surface area contributed by atoms with E-state index in [0.29, 0.717) is 6.42 Å². The average molecular weight is 245 g/mol. The summed E-state index contributed by atoms with van der Waals surface area (Å²) in [7, 11) is 0. The molecule has 0 bridgehead atoms. The summed E-state index contributed by atoms with van der Waals surface area (Å²) in [6.45, 7) is 5.75. The molecule has 3 nitrogen and oxygen atoms in total. The molecule has 0 aliphatic heterocycles. The summed E-state index contributed by atoms with van der Waals surface area (Å²) in [6, 6.07) is 5.63. The number of rotatable bonds is 3. The van der Waals surface area contributed by atoms with E-state index in [2.05, 4.69) is 17.2 Å². The summed E-state index contributed by atoms with van der Waals surface area (Å²) in [4.78, 5) is 11.6. The van der Waals surface area contributed by atoms with Crippen LogP contribution in [0.5, 0.6) is 0 Å². The minimum Gasteiger partial charge on any atom is -0.395 e. The van der Waals surface area contributed by atoms with Crippen molar-refractivity contribution in [3.63, 3.8) is 0 Å². The van der Waals surface area contributed by atoms with Gasteiger partial charge in [0.05, 0.1) is 6.61 Å². The van der Waals surface area contributed by atoms with Gasteiger partial charge in [-0.3, -0.25) is 4.79 Å². The molecule has 0 atom stereocenters. The van der Waals surface area contributed by atoms with Gasteiger partial charge in [-0.1, -0.05) is 25.7 Å². The second-order valence-corrected chi connectivity index (χ2v) is 4.45. The molecule has 0 saturated heterocycles. The van der Waals surface area contributed by atoms with Gasteiger partial charge in [-0.15, -0.1) is 0 Å². The van der Waals surface area contributed by atoms with E-state index in [1.165, 1.54) is 0 Å². The summed E-state index contributed by atoms with van der Waals surface area (Å²) in [6.07, 6.45) is 0.477. The van der Waals surface area contributed by atoms with E-state index in [4.69, 9.17) is 5.11 Å². The van der Waals surface area contributed by atoms with Crippen LogP contribution in [0.1, 0.15) is 31.4 Å². The van der Waals surface area contributed by atoms with Gasteiger partial charge in [-0.25, -0.2) is 0 Å². The Labute approximate surface area is 108 Å². The van der Waals surface area contributed by atoms with Crippen LogP contribution in [0.2, 0.25) is 0 Å². The van der Waals surface area contributed by atoms with Crippen LogP contribution in [0, 0.1) is 24.7 Å². The molecule has 96 valence electrons. The molecule has 0 radical (unpaired) electrons. The topological polar surface area (TPSA) is 49.3 Å². The molecule has 0 heterocycles. The van der Waals surface area contributed by atoms with E-state index in [9.17, 15) is 4.79 Å². The average Bonchev–Trinajstić information content (AvgIpc) is 2.32. The van der Waals surface area contributed by atoms with Crippen molar-refractivity contribution in [1.29, 1.82) is 0 Å². The number of benzene rings is 1. The van der Waals surface area contributed by atoms with Crippen LogP contribution in [-0.2, 0) is 4.79 Å². The highest BCUT2D eigenvalue weighted by Crippen LogP contribution is 2.15. The predicted molar refractivity (Wildman–Crippen MR) is 73.2 cm³/mol. The van der Waals surface area contributed by atoms with Gasteiger partial charge < -0.3 is 10.4 Å². The summed E-state index contributed by atoms with van der Waals surface area (Å²) in [5, 5.41) is 11.5. The van der Waals surface area contributed by atoms with Crippen molar-refractivity contribution >= 4 is 11.6 Å². The first-order chi connectivity index (χ1) is 8.54.